The van der Waals surface area contributed by atoms with Gasteiger partial charge in [-0.1, -0.05) is 0 Å². The molecule has 0 radical (unpaired) electrons. The van der Waals surface area contributed by atoms with Crippen LogP contribution in [0.2, 0.25) is 0 Å². The van der Waals surface area contributed by atoms with Crippen LogP contribution >= 0.6 is 0 Å². The molecule has 7 heteroatoms. The molecule has 7 nitrogen and oxygen atoms in total. The normalized spacial score (nSPS) is 11.2. The van der Waals surface area contributed by atoms with Crippen molar-refractivity contribution >= 4 is 11.7 Å². The van der Waals surface area contributed by atoms with Gasteiger partial charge in [-0.25, -0.2) is 9.50 Å². The number of hydrogen-bond acceptors (Lipinski definition) is 5. The minimum Gasteiger partial charge on any atom is -0.377 e. The Morgan fingerprint density at radius 2 is 2.15 bits per heavy atom. The molecule has 0 saturated heterocycles. The van der Waals surface area contributed by atoms with Crippen molar-refractivity contribution in [2.75, 3.05) is 13.2 Å². The number of nitrogens with one attached hydrogen (secondary N) is 1. The predicted octanol–water partition coefficient (Wildman–Crippen LogP) is 0.896. The predicted molar refractivity (Wildman–Crippen MR) is 73.7 cm³/mol. The molecule has 0 aromatic carbocycles. The molecular formula is C13H19N5O2. The molecule has 2 aromatic rings. The Bertz CT molecular complexity index is 620. The largest absolute Gasteiger partial charge is 0.377 e. The van der Waals surface area contributed by atoms with Gasteiger partial charge in [0.2, 0.25) is 5.82 Å². The van der Waals surface area contributed by atoms with E-state index in [1.807, 2.05) is 33.8 Å². The molecule has 0 spiro atoms. The van der Waals surface area contributed by atoms with E-state index in [1.165, 1.54) is 0 Å². The first-order valence-electron chi connectivity index (χ1n) is 6.58. The minimum atomic E-state index is -0.320. The van der Waals surface area contributed by atoms with Gasteiger partial charge in [0.25, 0.3) is 11.7 Å². The smallest absolute Gasteiger partial charge is 0.291 e. The number of carbonyl (C=O) groups is 1. The number of amides is 1. The van der Waals surface area contributed by atoms with E-state index in [4.69, 9.17) is 4.74 Å². The summed E-state index contributed by atoms with van der Waals surface area (Å²) in [6.45, 7) is 8.56. The van der Waals surface area contributed by atoms with Gasteiger partial charge in [0.1, 0.15) is 0 Å². The Labute approximate surface area is 117 Å². The molecule has 0 unspecified atom stereocenters. The Morgan fingerprint density at radius 1 is 1.40 bits per heavy atom. The topological polar surface area (TPSA) is 81.4 Å². The van der Waals surface area contributed by atoms with Crippen molar-refractivity contribution in [3.05, 3.63) is 23.3 Å². The van der Waals surface area contributed by atoms with Crippen molar-refractivity contribution in [1.29, 1.82) is 0 Å². The van der Waals surface area contributed by atoms with E-state index in [0.717, 1.165) is 11.4 Å². The third kappa shape index (κ3) is 3.30. The number of aryl methyl sites for hydroxylation is 2. The molecule has 0 aliphatic rings. The van der Waals surface area contributed by atoms with Gasteiger partial charge in [0.05, 0.1) is 12.7 Å². The lowest BCUT2D eigenvalue weighted by atomic mass is 10.4. The zero-order chi connectivity index (χ0) is 14.7. The SMILES string of the molecule is Cc1cc(C)n2nc(C(=O)NCCOC(C)C)nc2n1. The number of rotatable bonds is 5. The molecule has 108 valence electrons. The van der Waals surface area contributed by atoms with Gasteiger partial charge in [-0.2, -0.15) is 4.98 Å². The molecule has 0 saturated carbocycles. The maximum atomic E-state index is 11.9. The third-order valence-electron chi connectivity index (χ3n) is 2.66. The molecule has 20 heavy (non-hydrogen) atoms. The maximum Gasteiger partial charge on any atom is 0.291 e. The van der Waals surface area contributed by atoms with Gasteiger partial charge in [0.15, 0.2) is 0 Å². The van der Waals surface area contributed by atoms with E-state index in [0.29, 0.717) is 18.9 Å². The van der Waals surface area contributed by atoms with Crippen molar-refractivity contribution in [3.8, 4) is 0 Å². The standard InChI is InChI=1S/C13H19N5O2/c1-8(2)20-6-5-14-12(19)11-16-13-15-9(3)7-10(4)18(13)17-11/h7-8H,5-6H2,1-4H3,(H,14,19). The van der Waals surface area contributed by atoms with Crippen molar-refractivity contribution in [3.63, 3.8) is 0 Å². The number of fused-ring (bicyclic) bond motifs is 1. The van der Waals surface area contributed by atoms with Crippen LogP contribution < -0.4 is 5.32 Å². The van der Waals surface area contributed by atoms with E-state index in [9.17, 15) is 4.79 Å². The zero-order valence-electron chi connectivity index (χ0n) is 12.2. The van der Waals surface area contributed by atoms with Gasteiger partial charge < -0.3 is 10.1 Å². The molecule has 1 amide bonds. The molecular weight excluding hydrogens is 258 g/mol. The van der Waals surface area contributed by atoms with Gasteiger partial charge in [-0.05, 0) is 33.8 Å². The third-order valence-corrected chi connectivity index (χ3v) is 2.66. The van der Waals surface area contributed by atoms with E-state index < -0.39 is 0 Å². The second-order valence-electron chi connectivity index (χ2n) is 4.86. The summed E-state index contributed by atoms with van der Waals surface area (Å²) in [6.07, 6.45) is 0.148. The van der Waals surface area contributed by atoms with Crippen LogP contribution in [0.4, 0.5) is 0 Å². The fourth-order valence-electron chi connectivity index (χ4n) is 1.80. The summed E-state index contributed by atoms with van der Waals surface area (Å²) >= 11 is 0. The number of carbonyl (C=O) groups excluding carboxylic acids is 1. The number of aromatic nitrogens is 4. The summed E-state index contributed by atoms with van der Waals surface area (Å²) in [6, 6.07) is 1.89. The summed E-state index contributed by atoms with van der Waals surface area (Å²) in [4.78, 5) is 20.3. The van der Waals surface area contributed by atoms with Crippen LogP contribution in [0.5, 0.6) is 0 Å². The Morgan fingerprint density at radius 3 is 2.85 bits per heavy atom. The Hall–Kier alpha value is -2.02. The summed E-state index contributed by atoms with van der Waals surface area (Å²) in [5.41, 5.74) is 1.74. The van der Waals surface area contributed by atoms with Crippen LogP contribution in [0.15, 0.2) is 6.07 Å². The molecule has 1 N–H and O–H groups in total. The first-order chi connectivity index (χ1) is 9.47. The molecule has 2 heterocycles. The van der Waals surface area contributed by atoms with Crippen LogP contribution in [-0.4, -0.2) is 44.7 Å². The summed E-state index contributed by atoms with van der Waals surface area (Å²) in [5.74, 6) is 0.238. The summed E-state index contributed by atoms with van der Waals surface area (Å²) in [5, 5.41) is 6.88. The summed E-state index contributed by atoms with van der Waals surface area (Å²) < 4.78 is 6.91. The lowest BCUT2D eigenvalue weighted by Gasteiger charge is -2.07. The number of ether oxygens (including phenoxy) is 1. The fourth-order valence-corrected chi connectivity index (χ4v) is 1.80. The van der Waals surface area contributed by atoms with Crippen LogP contribution in [0.25, 0.3) is 5.78 Å². The van der Waals surface area contributed by atoms with E-state index in [2.05, 4.69) is 20.4 Å². The van der Waals surface area contributed by atoms with Crippen LogP contribution in [0.3, 0.4) is 0 Å². The summed E-state index contributed by atoms with van der Waals surface area (Å²) in [7, 11) is 0. The van der Waals surface area contributed by atoms with E-state index in [1.54, 1.807) is 4.52 Å². The second-order valence-corrected chi connectivity index (χ2v) is 4.86. The Kier molecular flexibility index (Phi) is 4.29. The quantitative estimate of drug-likeness (QED) is 0.821. The molecule has 2 rings (SSSR count). The average Bonchev–Trinajstić information content (AvgIpc) is 2.78. The van der Waals surface area contributed by atoms with Crippen LogP contribution in [-0.2, 0) is 4.74 Å². The van der Waals surface area contributed by atoms with Gasteiger partial charge in [-0.3, -0.25) is 4.79 Å². The zero-order valence-corrected chi connectivity index (χ0v) is 12.2. The van der Waals surface area contributed by atoms with E-state index >= 15 is 0 Å². The van der Waals surface area contributed by atoms with Crippen molar-refractivity contribution in [2.45, 2.75) is 33.8 Å². The second kappa shape index (κ2) is 5.96. The molecule has 0 aliphatic heterocycles. The number of hydrogen-bond donors (Lipinski definition) is 1. The highest BCUT2D eigenvalue weighted by Crippen LogP contribution is 2.05. The highest BCUT2D eigenvalue weighted by Gasteiger charge is 2.14. The highest BCUT2D eigenvalue weighted by molar-refractivity contribution is 5.90. The molecule has 0 bridgehead atoms. The maximum absolute atomic E-state index is 11.9. The minimum absolute atomic E-state index is 0.121. The lowest BCUT2D eigenvalue weighted by Crippen LogP contribution is -2.29. The van der Waals surface area contributed by atoms with Crippen LogP contribution in [0, 0.1) is 13.8 Å². The highest BCUT2D eigenvalue weighted by atomic mass is 16.5. The first kappa shape index (κ1) is 14.4. The molecule has 0 atom stereocenters. The fraction of sp³-hybridized carbons (Fsp3) is 0.538. The van der Waals surface area contributed by atoms with Gasteiger partial charge >= 0.3 is 0 Å². The molecule has 2 aromatic heterocycles. The van der Waals surface area contributed by atoms with Crippen molar-refractivity contribution in [1.82, 2.24) is 24.9 Å². The lowest BCUT2D eigenvalue weighted by molar-refractivity contribution is 0.0743. The number of nitrogens with zero attached hydrogens (tertiary/aromatic N) is 4. The van der Waals surface area contributed by atoms with Crippen molar-refractivity contribution in [2.24, 2.45) is 0 Å². The van der Waals surface area contributed by atoms with Crippen molar-refractivity contribution < 1.29 is 9.53 Å². The Balaban J connectivity index is 2.05. The first-order valence-corrected chi connectivity index (χ1v) is 6.58. The molecule has 0 aliphatic carbocycles. The monoisotopic (exact) mass is 277 g/mol. The van der Waals surface area contributed by atoms with Gasteiger partial charge in [-0.15, -0.1) is 5.10 Å². The molecule has 0 fully saturated rings. The van der Waals surface area contributed by atoms with E-state index in [-0.39, 0.29) is 17.8 Å². The van der Waals surface area contributed by atoms with Gasteiger partial charge in [0, 0.05) is 17.9 Å². The van der Waals surface area contributed by atoms with Crippen LogP contribution in [0.1, 0.15) is 35.9 Å². The average molecular weight is 277 g/mol.